The summed E-state index contributed by atoms with van der Waals surface area (Å²) in [7, 11) is 0. The van der Waals surface area contributed by atoms with Gasteiger partial charge in [-0.3, -0.25) is 14.4 Å². The van der Waals surface area contributed by atoms with Gasteiger partial charge in [0.25, 0.3) is 11.8 Å². The van der Waals surface area contributed by atoms with E-state index in [1.165, 1.54) is 0 Å². The number of hydrogen-bond acceptors (Lipinski definition) is 3. The number of para-hydroxylation sites is 1. The summed E-state index contributed by atoms with van der Waals surface area (Å²) in [6, 6.07) is 21.6. The topological polar surface area (TPSA) is 87.3 Å². The van der Waals surface area contributed by atoms with Gasteiger partial charge in [-0.25, -0.2) is 0 Å². The molecule has 0 bridgehead atoms. The number of aryl methyl sites for hydroxylation is 1. The largest absolute Gasteiger partial charge is 0.348 e. The molecule has 2 atom stereocenters. The lowest BCUT2D eigenvalue weighted by molar-refractivity contribution is -0.117. The molecular formula is C27H27N3O3. The van der Waals surface area contributed by atoms with E-state index in [9.17, 15) is 14.4 Å². The summed E-state index contributed by atoms with van der Waals surface area (Å²) < 4.78 is 0. The molecule has 1 saturated carbocycles. The van der Waals surface area contributed by atoms with Crippen LogP contribution in [0.25, 0.3) is 0 Å². The fourth-order valence-corrected chi connectivity index (χ4v) is 3.63. The molecule has 0 heterocycles. The van der Waals surface area contributed by atoms with E-state index in [1.54, 1.807) is 48.5 Å². The van der Waals surface area contributed by atoms with Gasteiger partial charge < -0.3 is 16.0 Å². The normalized spacial score (nSPS) is 16.5. The summed E-state index contributed by atoms with van der Waals surface area (Å²) in [6.07, 6.45) is 0.898. The lowest BCUT2D eigenvalue weighted by atomic mass is 10.1. The highest BCUT2D eigenvalue weighted by molar-refractivity contribution is 6.09. The third kappa shape index (κ3) is 5.66. The zero-order valence-corrected chi connectivity index (χ0v) is 18.7. The molecule has 0 saturated heterocycles. The average Bonchev–Trinajstić information content (AvgIpc) is 3.56. The van der Waals surface area contributed by atoms with Crippen molar-refractivity contribution >= 4 is 29.1 Å². The Morgan fingerprint density at radius 3 is 2.33 bits per heavy atom. The molecule has 6 heteroatoms. The number of hydrogen-bond donors (Lipinski definition) is 3. The van der Waals surface area contributed by atoms with Crippen molar-refractivity contribution in [1.82, 2.24) is 5.32 Å². The highest BCUT2D eigenvalue weighted by Crippen LogP contribution is 2.38. The van der Waals surface area contributed by atoms with Gasteiger partial charge in [0.1, 0.15) is 0 Å². The molecule has 0 aromatic heterocycles. The van der Waals surface area contributed by atoms with Gasteiger partial charge in [-0.2, -0.15) is 0 Å². The van der Waals surface area contributed by atoms with Crippen LogP contribution < -0.4 is 16.0 Å². The van der Waals surface area contributed by atoms with Gasteiger partial charge in [-0.1, -0.05) is 55.0 Å². The molecule has 33 heavy (non-hydrogen) atoms. The van der Waals surface area contributed by atoms with E-state index in [0.717, 1.165) is 17.5 Å². The zero-order chi connectivity index (χ0) is 23.4. The SMILES string of the molecule is Cc1ccc(CNC(=O)c2ccccc2NC(=O)c2cccc(NC(=O)C3CC3C)c2)cc1. The van der Waals surface area contributed by atoms with Crippen LogP contribution in [0, 0.1) is 18.8 Å². The number of carbonyl (C=O) groups excluding carboxylic acids is 3. The number of carbonyl (C=O) groups is 3. The predicted molar refractivity (Wildman–Crippen MR) is 129 cm³/mol. The molecule has 1 aliphatic carbocycles. The average molecular weight is 442 g/mol. The Kier molecular flexibility index (Phi) is 6.54. The quantitative estimate of drug-likeness (QED) is 0.493. The fraction of sp³-hybridized carbons (Fsp3) is 0.222. The van der Waals surface area contributed by atoms with Crippen LogP contribution in [0.1, 0.15) is 45.2 Å². The Morgan fingerprint density at radius 2 is 1.61 bits per heavy atom. The number of rotatable bonds is 7. The summed E-state index contributed by atoms with van der Waals surface area (Å²) in [5.74, 6) is -0.190. The molecule has 3 aromatic rings. The van der Waals surface area contributed by atoms with Crippen molar-refractivity contribution < 1.29 is 14.4 Å². The molecule has 0 spiro atoms. The molecule has 0 aliphatic heterocycles. The first-order valence-corrected chi connectivity index (χ1v) is 11.1. The van der Waals surface area contributed by atoms with Crippen molar-refractivity contribution in [1.29, 1.82) is 0 Å². The fourth-order valence-electron chi connectivity index (χ4n) is 3.63. The van der Waals surface area contributed by atoms with Crippen LogP contribution >= 0.6 is 0 Å². The van der Waals surface area contributed by atoms with Crippen LogP contribution in [0.3, 0.4) is 0 Å². The van der Waals surface area contributed by atoms with E-state index < -0.39 is 0 Å². The van der Waals surface area contributed by atoms with E-state index >= 15 is 0 Å². The van der Waals surface area contributed by atoms with Crippen molar-refractivity contribution in [3.8, 4) is 0 Å². The Morgan fingerprint density at radius 1 is 0.879 bits per heavy atom. The zero-order valence-electron chi connectivity index (χ0n) is 18.7. The maximum absolute atomic E-state index is 12.9. The van der Waals surface area contributed by atoms with Crippen LogP contribution in [-0.4, -0.2) is 17.7 Å². The van der Waals surface area contributed by atoms with Crippen LogP contribution in [0.4, 0.5) is 11.4 Å². The second-order valence-electron chi connectivity index (χ2n) is 8.56. The van der Waals surface area contributed by atoms with Gasteiger partial charge in [-0.15, -0.1) is 0 Å². The number of nitrogens with one attached hydrogen (secondary N) is 3. The molecule has 3 amide bonds. The van der Waals surface area contributed by atoms with E-state index in [4.69, 9.17) is 0 Å². The second kappa shape index (κ2) is 9.69. The maximum Gasteiger partial charge on any atom is 0.255 e. The first kappa shape index (κ1) is 22.3. The van der Waals surface area contributed by atoms with Crippen molar-refractivity contribution in [2.45, 2.75) is 26.8 Å². The van der Waals surface area contributed by atoms with Crippen molar-refractivity contribution in [2.75, 3.05) is 10.6 Å². The second-order valence-corrected chi connectivity index (χ2v) is 8.56. The van der Waals surface area contributed by atoms with Gasteiger partial charge in [0, 0.05) is 23.7 Å². The predicted octanol–water partition coefficient (Wildman–Crippen LogP) is 4.77. The molecule has 1 aliphatic rings. The van der Waals surface area contributed by atoms with Crippen molar-refractivity contribution in [2.24, 2.45) is 11.8 Å². The Hall–Kier alpha value is -3.93. The first-order chi connectivity index (χ1) is 15.9. The van der Waals surface area contributed by atoms with Gasteiger partial charge in [-0.05, 0) is 55.2 Å². The van der Waals surface area contributed by atoms with Crippen LogP contribution in [0.2, 0.25) is 0 Å². The smallest absolute Gasteiger partial charge is 0.255 e. The van der Waals surface area contributed by atoms with Gasteiger partial charge >= 0.3 is 0 Å². The van der Waals surface area contributed by atoms with Crippen LogP contribution in [0.5, 0.6) is 0 Å². The molecule has 1 fully saturated rings. The van der Waals surface area contributed by atoms with E-state index in [0.29, 0.717) is 35.0 Å². The van der Waals surface area contributed by atoms with Gasteiger partial charge in [0.05, 0.1) is 11.3 Å². The third-order valence-corrected chi connectivity index (χ3v) is 5.83. The van der Waals surface area contributed by atoms with Crippen LogP contribution in [0.15, 0.2) is 72.8 Å². The molecule has 4 rings (SSSR count). The molecule has 3 N–H and O–H groups in total. The summed E-state index contributed by atoms with van der Waals surface area (Å²) in [6.45, 7) is 4.45. The first-order valence-electron chi connectivity index (χ1n) is 11.1. The number of anilines is 2. The highest BCUT2D eigenvalue weighted by Gasteiger charge is 2.39. The Bertz CT molecular complexity index is 1190. The minimum absolute atomic E-state index is 0.0179. The Labute approximate surface area is 193 Å². The van der Waals surface area contributed by atoms with E-state index in [2.05, 4.69) is 16.0 Å². The van der Waals surface area contributed by atoms with Gasteiger partial charge in [0.2, 0.25) is 5.91 Å². The molecule has 0 radical (unpaired) electrons. The van der Waals surface area contributed by atoms with Crippen molar-refractivity contribution in [3.05, 3.63) is 95.1 Å². The summed E-state index contributed by atoms with van der Waals surface area (Å²) >= 11 is 0. The molecule has 2 unspecified atom stereocenters. The number of amides is 3. The van der Waals surface area contributed by atoms with E-state index in [1.807, 2.05) is 38.1 Å². The lowest BCUT2D eigenvalue weighted by Gasteiger charge is -2.12. The monoisotopic (exact) mass is 441 g/mol. The minimum atomic E-state index is -0.357. The summed E-state index contributed by atoms with van der Waals surface area (Å²) in [5.41, 5.74) is 3.93. The summed E-state index contributed by atoms with van der Waals surface area (Å²) in [4.78, 5) is 37.9. The third-order valence-electron chi connectivity index (χ3n) is 5.83. The van der Waals surface area contributed by atoms with E-state index in [-0.39, 0.29) is 23.6 Å². The van der Waals surface area contributed by atoms with Crippen molar-refractivity contribution in [3.63, 3.8) is 0 Å². The van der Waals surface area contributed by atoms with Gasteiger partial charge in [0.15, 0.2) is 0 Å². The molecule has 168 valence electrons. The number of benzene rings is 3. The molecule has 3 aromatic carbocycles. The summed E-state index contributed by atoms with van der Waals surface area (Å²) in [5, 5.41) is 8.60. The molecule has 6 nitrogen and oxygen atoms in total. The maximum atomic E-state index is 12.9. The minimum Gasteiger partial charge on any atom is -0.348 e. The Balaban J connectivity index is 1.42. The highest BCUT2D eigenvalue weighted by atomic mass is 16.2. The standard InChI is InChI=1S/C27H27N3O3/c1-17-10-12-19(13-11-17)16-28-26(32)22-8-3-4-9-24(22)30-25(31)20-6-5-7-21(15-20)29-27(33)23-14-18(23)2/h3-13,15,18,23H,14,16H2,1-2H3,(H,28,32)(H,29,33)(H,30,31). The molecular weight excluding hydrogens is 414 g/mol. The lowest BCUT2D eigenvalue weighted by Crippen LogP contribution is -2.25. The van der Waals surface area contributed by atoms with Crippen LogP contribution in [-0.2, 0) is 11.3 Å².